The lowest BCUT2D eigenvalue weighted by Gasteiger charge is -2.17. The van der Waals surface area contributed by atoms with Crippen LogP contribution in [0.15, 0.2) is 18.2 Å². The van der Waals surface area contributed by atoms with Crippen LogP contribution in [0.3, 0.4) is 0 Å². The van der Waals surface area contributed by atoms with E-state index >= 15 is 0 Å². The van der Waals surface area contributed by atoms with Crippen LogP contribution in [0.4, 0.5) is 11.4 Å². The Hall–Kier alpha value is -0.890. The van der Waals surface area contributed by atoms with Gasteiger partial charge < -0.3 is 10.2 Å². The molecule has 6 heteroatoms. The second-order valence-electron chi connectivity index (χ2n) is 4.56. The van der Waals surface area contributed by atoms with Crippen LogP contribution in [0, 0.1) is 13.7 Å². The third-order valence-corrected chi connectivity index (χ3v) is 3.24. The standard InChI is InChI=1S/C12H18IN3O2/c1-9(6-7-15(2)3)14-11-5-4-10(13)8-12(11)16(17)18/h4-5,8-9,14H,6-7H2,1-3H3. The van der Waals surface area contributed by atoms with Gasteiger partial charge in [0.1, 0.15) is 5.69 Å². The normalized spacial score (nSPS) is 12.5. The van der Waals surface area contributed by atoms with Crippen LogP contribution in [0.5, 0.6) is 0 Å². The highest BCUT2D eigenvalue weighted by molar-refractivity contribution is 14.1. The van der Waals surface area contributed by atoms with E-state index in [9.17, 15) is 10.1 Å². The van der Waals surface area contributed by atoms with Crippen molar-refractivity contribution in [2.75, 3.05) is 26.0 Å². The van der Waals surface area contributed by atoms with Crippen molar-refractivity contribution in [1.29, 1.82) is 0 Å². The van der Waals surface area contributed by atoms with Crippen molar-refractivity contribution in [2.24, 2.45) is 0 Å². The zero-order valence-electron chi connectivity index (χ0n) is 10.8. The van der Waals surface area contributed by atoms with E-state index in [-0.39, 0.29) is 16.7 Å². The summed E-state index contributed by atoms with van der Waals surface area (Å²) in [5.74, 6) is 0. The molecule has 0 fully saturated rings. The first kappa shape index (κ1) is 15.2. The molecule has 0 heterocycles. The number of halogens is 1. The molecular formula is C12H18IN3O2. The van der Waals surface area contributed by atoms with Gasteiger partial charge in [0.15, 0.2) is 0 Å². The molecule has 0 amide bonds. The number of benzene rings is 1. The van der Waals surface area contributed by atoms with Crippen molar-refractivity contribution in [3.63, 3.8) is 0 Å². The van der Waals surface area contributed by atoms with Crippen LogP contribution >= 0.6 is 22.6 Å². The number of hydrogen-bond donors (Lipinski definition) is 1. The van der Waals surface area contributed by atoms with E-state index in [2.05, 4.69) is 32.8 Å². The van der Waals surface area contributed by atoms with E-state index in [4.69, 9.17) is 0 Å². The van der Waals surface area contributed by atoms with E-state index in [0.717, 1.165) is 16.5 Å². The van der Waals surface area contributed by atoms with Gasteiger partial charge in [-0.3, -0.25) is 10.1 Å². The van der Waals surface area contributed by atoms with E-state index in [1.165, 1.54) is 0 Å². The predicted octanol–water partition coefficient (Wildman–Crippen LogP) is 2.95. The number of nitrogens with one attached hydrogen (secondary N) is 1. The first-order valence-corrected chi connectivity index (χ1v) is 6.83. The Balaban J connectivity index is 2.74. The van der Waals surface area contributed by atoms with E-state index < -0.39 is 0 Å². The maximum atomic E-state index is 11.0. The van der Waals surface area contributed by atoms with Crippen LogP contribution in [-0.2, 0) is 0 Å². The van der Waals surface area contributed by atoms with Crippen LogP contribution in [0.2, 0.25) is 0 Å². The molecule has 18 heavy (non-hydrogen) atoms. The lowest BCUT2D eigenvalue weighted by Crippen LogP contribution is -2.23. The summed E-state index contributed by atoms with van der Waals surface area (Å²) in [5, 5.41) is 14.2. The summed E-state index contributed by atoms with van der Waals surface area (Å²) in [6.45, 7) is 2.98. The fourth-order valence-electron chi connectivity index (χ4n) is 1.57. The van der Waals surface area contributed by atoms with E-state index in [0.29, 0.717) is 5.69 Å². The summed E-state index contributed by atoms with van der Waals surface area (Å²) < 4.78 is 0.866. The minimum Gasteiger partial charge on any atom is -0.377 e. The summed E-state index contributed by atoms with van der Waals surface area (Å²) in [6, 6.07) is 5.42. The highest BCUT2D eigenvalue weighted by atomic mass is 127. The Bertz CT molecular complexity index is 424. The smallest absolute Gasteiger partial charge is 0.293 e. The zero-order chi connectivity index (χ0) is 13.7. The van der Waals surface area contributed by atoms with Gasteiger partial charge in [0, 0.05) is 15.7 Å². The molecule has 0 saturated heterocycles. The van der Waals surface area contributed by atoms with Crippen molar-refractivity contribution in [3.8, 4) is 0 Å². The van der Waals surface area contributed by atoms with Gasteiger partial charge in [0.25, 0.3) is 5.69 Å². The quantitative estimate of drug-likeness (QED) is 0.480. The van der Waals surface area contributed by atoms with Crippen molar-refractivity contribution in [1.82, 2.24) is 4.90 Å². The van der Waals surface area contributed by atoms with Gasteiger partial charge in [-0.1, -0.05) is 0 Å². The zero-order valence-corrected chi connectivity index (χ0v) is 13.0. The molecule has 1 rings (SSSR count). The molecule has 0 radical (unpaired) electrons. The van der Waals surface area contributed by atoms with Gasteiger partial charge in [-0.05, 0) is 68.7 Å². The SMILES string of the molecule is CC(CCN(C)C)Nc1ccc(I)cc1[N+](=O)[O-]. The Morgan fingerprint density at radius 2 is 2.17 bits per heavy atom. The minimum atomic E-state index is -0.344. The van der Waals surface area contributed by atoms with Crippen LogP contribution in [-0.4, -0.2) is 36.5 Å². The van der Waals surface area contributed by atoms with Gasteiger partial charge in [0.05, 0.1) is 4.92 Å². The Morgan fingerprint density at radius 3 is 2.72 bits per heavy atom. The highest BCUT2D eigenvalue weighted by Crippen LogP contribution is 2.27. The molecular weight excluding hydrogens is 345 g/mol. The average molecular weight is 363 g/mol. The molecule has 0 spiro atoms. The van der Waals surface area contributed by atoms with Gasteiger partial charge in [-0.15, -0.1) is 0 Å². The largest absolute Gasteiger partial charge is 0.377 e. The number of nitro groups is 1. The fourth-order valence-corrected chi connectivity index (χ4v) is 2.04. The number of anilines is 1. The number of hydrogen-bond acceptors (Lipinski definition) is 4. The summed E-state index contributed by atoms with van der Waals surface area (Å²) in [5.41, 5.74) is 0.727. The number of nitro benzene ring substituents is 1. The van der Waals surface area contributed by atoms with Crippen LogP contribution in [0.25, 0.3) is 0 Å². The summed E-state index contributed by atoms with van der Waals surface area (Å²) in [4.78, 5) is 12.7. The molecule has 0 aliphatic carbocycles. The molecule has 100 valence electrons. The summed E-state index contributed by atoms with van der Waals surface area (Å²) in [6.07, 6.45) is 0.941. The lowest BCUT2D eigenvalue weighted by atomic mass is 10.2. The predicted molar refractivity (Wildman–Crippen MR) is 82.1 cm³/mol. The van der Waals surface area contributed by atoms with Crippen molar-refractivity contribution < 1.29 is 4.92 Å². The molecule has 1 atom stereocenters. The first-order chi connectivity index (χ1) is 8.40. The molecule has 1 N–H and O–H groups in total. The maximum absolute atomic E-state index is 11.0. The molecule has 0 bridgehead atoms. The van der Waals surface area contributed by atoms with E-state index in [1.807, 2.05) is 27.1 Å². The summed E-state index contributed by atoms with van der Waals surface area (Å²) >= 11 is 2.08. The summed E-state index contributed by atoms with van der Waals surface area (Å²) in [7, 11) is 4.03. The molecule has 0 saturated carbocycles. The fraction of sp³-hybridized carbons (Fsp3) is 0.500. The third-order valence-electron chi connectivity index (χ3n) is 2.57. The Kier molecular flexibility index (Phi) is 5.80. The Morgan fingerprint density at radius 1 is 1.50 bits per heavy atom. The molecule has 1 unspecified atom stereocenters. The van der Waals surface area contributed by atoms with Crippen LogP contribution in [0.1, 0.15) is 13.3 Å². The highest BCUT2D eigenvalue weighted by Gasteiger charge is 2.15. The van der Waals surface area contributed by atoms with Gasteiger partial charge >= 0.3 is 0 Å². The molecule has 5 nitrogen and oxygen atoms in total. The van der Waals surface area contributed by atoms with Gasteiger partial charge in [-0.25, -0.2) is 0 Å². The maximum Gasteiger partial charge on any atom is 0.293 e. The minimum absolute atomic E-state index is 0.138. The molecule has 0 aliphatic rings. The molecule has 0 aromatic heterocycles. The van der Waals surface area contributed by atoms with Crippen molar-refractivity contribution in [3.05, 3.63) is 31.9 Å². The van der Waals surface area contributed by atoms with E-state index in [1.54, 1.807) is 12.1 Å². The second kappa shape index (κ2) is 6.89. The monoisotopic (exact) mass is 363 g/mol. The molecule has 0 aliphatic heterocycles. The van der Waals surface area contributed by atoms with Gasteiger partial charge in [-0.2, -0.15) is 0 Å². The van der Waals surface area contributed by atoms with Crippen molar-refractivity contribution >= 4 is 34.0 Å². The van der Waals surface area contributed by atoms with Crippen molar-refractivity contribution in [2.45, 2.75) is 19.4 Å². The number of rotatable bonds is 6. The average Bonchev–Trinajstić information content (AvgIpc) is 2.28. The molecule has 1 aromatic rings. The van der Waals surface area contributed by atoms with Gasteiger partial charge in [0.2, 0.25) is 0 Å². The lowest BCUT2D eigenvalue weighted by molar-refractivity contribution is -0.384. The second-order valence-corrected chi connectivity index (χ2v) is 5.80. The van der Waals surface area contributed by atoms with Crippen LogP contribution < -0.4 is 5.32 Å². The molecule has 1 aromatic carbocycles. The first-order valence-electron chi connectivity index (χ1n) is 5.75. The Labute approximate surface area is 121 Å². The number of nitrogens with zero attached hydrogens (tertiary/aromatic N) is 2. The third kappa shape index (κ3) is 4.77. The topological polar surface area (TPSA) is 58.4 Å².